The molecule has 5 heteroatoms. The largest absolute Gasteiger partial charge is 0.454 e. The van der Waals surface area contributed by atoms with E-state index in [0.29, 0.717) is 17.5 Å². The number of hydrogen-bond acceptors (Lipinski definition) is 4. The number of benzene rings is 9. The summed E-state index contributed by atoms with van der Waals surface area (Å²) in [7, 11) is 0. The van der Waals surface area contributed by atoms with E-state index in [-0.39, 0.29) is 0 Å². The van der Waals surface area contributed by atoms with Crippen LogP contribution in [0.1, 0.15) is 0 Å². The summed E-state index contributed by atoms with van der Waals surface area (Å²) in [5.74, 6) is 1.80. The molecule has 0 bridgehead atoms. The normalized spacial score (nSPS) is 11.5. The van der Waals surface area contributed by atoms with E-state index in [2.05, 4.69) is 156 Å². The predicted octanol–water partition coefficient (Wildman–Crippen LogP) is 14.9. The molecule has 0 amide bonds. The second kappa shape index (κ2) is 14.7. The van der Waals surface area contributed by atoms with Crippen molar-refractivity contribution in [1.29, 1.82) is 0 Å². The molecule has 290 valence electrons. The Hall–Kier alpha value is -8.41. The van der Waals surface area contributed by atoms with Crippen molar-refractivity contribution in [1.82, 2.24) is 19.5 Å². The third kappa shape index (κ3) is 6.06. The minimum atomic E-state index is 0.578. The SMILES string of the molecule is c1ccc(-c2cc(-n3c4cc(-c5ccccc5)ccc4c4ccc(-c5ccccc5)cc43)c3oc4cccc(-c5nc(-c6ccccc6)nc(-c6ccccc6)n5)c4c3c2)cc1. The summed E-state index contributed by atoms with van der Waals surface area (Å²) in [4.78, 5) is 15.4. The lowest BCUT2D eigenvalue weighted by Gasteiger charge is -2.13. The smallest absolute Gasteiger partial charge is 0.164 e. The molecule has 0 N–H and O–H groups in total. The van der Waals surface area contributed by atoms with Crippen molar-refractivity contribution in [2.24, 2.45) is 0 Å². The number of fused-ring (bicyclic) bond motifs is 6. The highest BCUT2D eigenvalue weighted by Gasteiger charge is 2.23. The van der Waals surface area contributed by atoms with Crippen molar-refractivity contribution in [2.75, 3.05) is 0 Å². The van der Waals surface area contributed by atoms with Crippen LogP contribution in [-0.2, 0) is 0 Å². The van der Waals surface area contributed by atoms with Gasteiger partial charge in [-0.25, -0.2) is 15.0 Å². The van der Waals surface area contributed by atoms with Crippen molar-refractivity contribution >= 4 is 43.7 Å². The van der Waals surface area contributed by atoms with Crippen LogP contribution in [0.2, 0.25) is 0 Å². The average Bonchev–Trinajstić information content (AvgIpc) is 3.90. The fourth-order valence-electron chi connectivity index (χ4n) is 8.89. The quantitative estimate of drug-likeness (QED) is 0.161. The van der Waals surface area contributed by atoms with Gasteiger partial charge in [0.2, 0.25) is 0 Å². The Bertz CT molecular complexity index is 3450. The van der Waals surface area contributed by atoms with Gasteiger partial charge in [-0.1, -0.05) is 188 Å². The van der Waals surface area contributed by atoms with Gasteiger partial charge in [0.05, 0.1) is 16.7 Å². The second-order valence-electron chi connectivity index (χ2n) is 15.6. The van der Waals surface area contributed by atoms with Crippen LogP contribution in [-0.4, -0.2) is 19.5 Å². The summed E-state index contributed by atoms with van der Waals surface area (Å²) in [5.41, 5.74) is 14.2. The predicted molar refractivity (Wildman–Crippen MR) is 254 cm³/mol. The molecule has 3 heterocycles. The zero-order valence-electron chi connectivity index (χ0n) is 33.5. The number of aromatic nitrogens is 4. The fourth-order valence-corrected chi connectivity index (χ4v) is 8.89. The van der Waals surface area contributed by atoms with Gasteiger partial charge in [0.25, 0.3) is 0 Å². The van der Waals surface area contributed by atoms with Crippen molar-refractivity contribution in [2.45, 2.75) is 0 Å². The number of hydrogen-bond donors (Lipinski definition) is 0. The third-order valence-corrected chi connectivity index (χ3v) is 11.8. The molecule has 3 aromatic heterocycles. The highest BCUT2D eigenvalue weighted by Crippen LogP contribution is 2.44. The van der Waals surface area contributed by atoms with Crippen molar-refractivity contribution < 1.29 is 4.42 Å². The fraction of sp³-hybridized carbons (Fsp3) is 0. The maximum atomic E-state index is 7.13. The van der Waals surface area contributed by atoms with E-state index in [1.165, 1.54) is 10.8 Å². The van der Waals surface area contributed by atoms with E-state index in [4.69, 9.17) is 19.4 Å². The maximum absolute atomic E-state index is 7.13. The first-order valence-electron chi connectivity index (χ1n) is 20.8. The van der Waals surface area contributed by atoms with E-state index in [1.54, 1.807) is 0 Å². The molecule has 0 saturated heterocycles. The molecule has 12 rings (SSSR count). The lowest BCUT2D eigenvalue weighted by Crippen LogP contribution is -2.00. The molecule has 0 spiro atoms. The van der Waals surface area contributed by atoms with Gasteiger partial charge in [-0.3, -0.25) is 0 Å². The summed E-state index contributed by atoms with van der Waals surface area (Å²) >= 11 is 0. The summed E-state index contributed by atoms with van der Waals surface area (Å²) in [6.45, 7) is 0. The van der Waals surface area contributed by atoms with Gasteiger partial charge < -0.3 is 8.98 Å². The molecule has 62 heavy (non-hydrogen) atoms. The van der Waals surface area contributed by atoms with Gasteiger partial charge in [0.15, 0.2) is 23.1 Å². The molecule has 12 aromatic rings. The second-order valence-corrected chi connectivity index (χ2v) is 15.6. The van der Waals surface area contributed by atoms with Crippen LogP contribution in [0.3, 0.4) is 0 Å². The first-order chi connectivity index (χ1) is 30.7. The molecule has 5 nitrogen and oxygen atoms in total. The summed E-state index contributed by atoms with van der Waals surface area (Å²) < 4.78 is 9.53. The van der Waals surface area contributed by atoms with Gasteiger partial charge in [-0.05, 0) is 63.7 Å². The van der Waals surface area contributed by atoms with Crippen molar-refractivity contribution in [3.05, 3.63) is 218 Å². The Balaban J connectivity index is 1.18. The lowest BCUT2D eigenvalue weighted by molar-refractivity contribution is 0.666. The lowest BCUT2D eigenvalue weighted by atomic mass is 9.99. The summed E-state index contributed by atoms with van der Waals surface area (Å²) in [5, 5.41) is 4.26. The van der Waals surface area contributed by atoms with Crippen LogP contribution >= 0.6 is 0 Å². The Kier molecular flexibility index (Phi) is 8.42. The van der Waals surface area contributed by atoms with Crippen LogP contribution in [0.25, 0.3) is 117 Å². The van der Waals surface area contributed by atoms with E-state index < -0.39 is 0 Å². The van der Waals surface area contributed by atoms with Gasteiger partial charge in [-0.2, -0.15) is 0 Å². The summed E-state index contributed by atoms with van der Waals surface area (Å²) in [6, 6.07) is 76.4. The number of nitrogens with zero attached hydrogens (tertiary/aromatic N) is 4. The molecule has 9 aromatic carbocycles. The van der Waals surface area contributed by atoms with Gasteiger partial charge in [-0.15, -0.1) is 0 Å². The Morgan fingerprint density at radius 1 is 0.323 bits per heavy atom. The molecular formula is C57H36N4O. The first kappa shape index (κ1) is 35.5. The van der Waals surface area contributed by atoms with Crippen LogP contribution in [0, 0.1) is 0 Å². The summed E-state index contributed by atoms with van der Waals surface area (Å²) in [6.07, 6.45) is 0. The average molecular weight is 793 g/mol. The molecular weight excluding hydrogens is 757 g/mol. The molecule has 0 aliphatic carbocycles. The molecule has 0 aliphatic rings. The number of furan rings is 1. The standard InChI is InChI=1S/C57H36N4O/c1-6-17-37(18-7-1)42-29-31-45-46-32-30-43(38-19-8-2-9-20-38)35-50(46)61(49(45)34-42)51-36-44(39-21-10-3-11-22-39)33-48-53-47(27-16-28-52(53)62-54(48)51)57-59-55(40-23-12-4-13-24-40)58-56(60-57)41-25-14-5-15-26-41/h1-36H. The highest BCUT2D eigenvalue weighted by molar-refractivity contribution is 6.17. The van der Waals surface area contributed by atoms with Gasteiger partial charge >= 0.3 is 0 Å². The Labute approximate surface area is 357 Å². The molecule has 0 radical (unpaired) electrons. The van der Waals surface area contributed by atoms with E-state index in [0.717, 1.165) is 88.7 Å². The molecule has 0 atom stereocenters. The first-order valence-corrected chi connectivity index (χ1v) is 20.8. The van der Waals surface area contributed by atoms with E-state index in [9.17, 15) is 0 Å². The molecule has 0 saturated carbocycles. The zero-order chi connectivity index (χ0) is 41.0. The molecule has 0 fully saturated rings. The minimum Gasteiger partial charge on any atom is -0.454 e. The van der Waals surface area contributed by atoms with Crippen molar-refractivity contribution in [3.8, 4) is 73.2 Å². The van der Waals surface area contributed by atoms with Crippen LogP contribution in [0.15, 0.2) is 223 Å². The van der Waals surface area contributed by atoms with Crippen LogP contribution in [0.5, 0.6) is 0 Å². The Morgan fingerprint density at radius 2 is 0.774 bits per heavy atom. The minimum absolute atomic E-state index is 0.578. The van der Waals surface area contributed by atoms with E-state index >= 15 is 0 Å². The third-order valence-electron chi connectivity index (χ3n) is 11.8. The topological polar surface area (TPSA) is 56.7 Å². The monoisotopic (exact) mass is 792 g/mol. The highest BCUT2D eigenvalue weighted by atomic mass is 16.3. The van der Waals surface area contributed by atoms with Gasteiger partial charge in [0, 0.05) is 38.2 Å². The van der Waals surface area contributed by atoms with Crippen LogP contribution in [0.4, 0.5) is 0 Å². The van der Waals surface area contributed by atoms with Gasteiger partial charge in [0.1, 0.15) is 5.58 Å². The molecule has 0 aliphatic heterocycles. The Morgan fingerprint density at radius 3 is 1.27 bits per heavy atom. The molecule has 0 unspecified atom stereocenters. The maximum Gasteiger partial charge on any atom is 0.164 e. The number of rotatable bonds is 7. The van der Waals surface area contributed by atoms with Crippen LogP contribution < -0.4 is 0 Å². The van der Waals surface area contributed by atoms with E-state index in [1.807, 2.05) is 66.7 Å². The van der Waals surface area contributed by atoms with Crippen molar-refractivity contribution in [3.63, 3.8) is 0 Å². The zero-order valence-corrected chi connectivity index (χ0v) is 33.5.